The molecule has 0 bridgehead atoms. The van der Waals surface area contributed by atoms with Crippen molar-refractivity contribution >= 4 is 39.1 Å². The number of rotatable bonds is 3. The predicted molar refractivity (Wildman–Crippen MR) is 97.0 cm³/mol. The van der Waals surface area contributed by atoms with Crippen LogP contribution in [0, 0.1) is 19.8 Å². The second-order valence-electron chi connectivity index (χ2n) is 6.37. The van der Waals surface area contributed by atoms with Gasteiger partial charge in [0.2, 0.25) is 5.91 Å². The first-order valence-corrected chi connectivity index (χ1v) is 9.17. The number of hydrogen-bond donors (Lipinski definition) is 1. The first-order valence-electron chi connectivity index (χ1n) is 8.30. The summed E-state index contributed by atoms with van der Waals surface area (Å²) >= 11 is 1.64. The molecule has 1 N–H and O–H groups in total. The molecule has 3 aromatic rings. The van der Waals surface area contributed by atoms with Gasteiger partial charge in [-0.15, -0.1) is 11.3 Å². The molecule has 1 saturated heterocycles. The van der Waals surface area contributed by atoms with Crippen LogP contribution in [-0.2, 0) is 4.79 Å². The summed E-state index contributed by atoms with van der Waals surface area (Å²) in [7, 11) is 0. The number of piperidine rings is 1. The molecule has 0 aromatic carbocycles. The third-order valence-electron chi connectivity index (χ3n) is 4.58. The van der Waals surface area contributed by atoms with E-state index in [1.165, 1.54) is 5.56 Å². The summed E-state index contributed by atoms with van der Waals surface area (Å²) in [5.41, 5.74) is 1.21. The largest absolute Gasteiger partial charge is 0.360 e. The van der Waals surface area contributed by atoms with Crippen LogP contribution in [0.3, 0.4) is 0 Å². The fourth-order valence-electron chi connectivity index (χ4n) is 3.25. The van der Waals surface area contributed by atoms with Crippen LogP contribution >= 0.6 is 11.3 Å². The lowest BCUT2D eigenvalue weighted by atomic mass is 9.95. The minimum Gasteiger partial charge on any atom is -0.360 e. The second kappa shape index (κ2) is 6.44. The zero-order chi connectivity index (χ0) is 17.4. The zero-order valence-electron chi connectivity index (χ0n) is 14.2. The highest BCUT2D eigenvalue weighted by atomic mass is 32.1. The first-order chi connectivity index (χ1) is 12.1. The van der Waals surface area contributed by atoms with E-state index in [2.05, 4.69) is 37.6 Å². The second-order valence-corrected chi connectivity index (χ2v) is 7.23. The molecule has 0 spiro atoms. The molecule has 4 rings (SSSR count). The zero-order valence-corrected chi connectivity index (χ0v) is 15.0. The number of carbonyl (C=O) groups is 1. The lowest BCUT2D eigenvalue weighted by Gasteiger charge is -2.32. The predicted octanol–water partition coefficient (Wildman–Crippen LogP) is 3.15. The molecule has 7 nitrogen and oxygen atoms in total. The van der Waals surface area contributed by atoms with E-state index in [0.29, 0.717) is 11.6 Å². The molecule has 3 aromatic heterocycles. The molecule has 8 heteroatoms. The Balaban J connectivity index is 1.44. The number of nitrogens with one attached hydrogen (secondary N) is 1. The van der Waals surface area contributed by atoms with Gasteiger partial charge in [0, 0.05) is 25.1 Å². The summed E-state index contributed by atoms with van der Waals surface area (Å²) in [5.74, 6) is 2.14. The number of amides is 1. The summed E-state index contributed by atoms with van der Waals surface area (Å²) in [6.07, 6.45) is 3.20. The minimum atomic E-state index is -0.0193. The van der Waals surface area contributed by atoms with Crippen molar-refractivity contribution < 1.29 is 9.32 Å². The van der Waals surface area contributed by atoms with E-state index in [9.17, 15) is 4.79 Å². The number of hydrogen-bond acceptors (Lipinski definition) is 7. The molecule has 1 aliphatic rings. The van der Waals surface area contributed by atoms with Gasteiger partial charge in [0.1, 0.15) is 22.7 Å². The average molecular weight is 357 g/mol. The molecule has 4 heterocycles. The van der Waals surface area contributed by atoms with Crippen molar-refractivity contribution in [3.05, 3.63) is 29.1 Å². The summed E-state index contributed by atoms with van der Waals surface area (Å²) in [5, 5.41) is 9.90. The standard InChI is InChI=1S/C17H19N5O2S/c1-10-8-25-17-14(10)15(18-9-19-17)22-5-3-12(4-6-22)16(23)20-13-7-11(2)24-21-13/h7-9,12H,3-6H2,1-2H3,(H,20,21,23). The molecule has 130 valence electrons. The van der Waals surface area contributed by atoms with Crippen LogP contribution in [0.1, 0.15) is 24.2 Å². The molecule has 0 aliphatic carbocycles. The number of anilines is 2. The minimum absolute atomic E-state index is 0.00694. The maximum atomic E-state index is 12.4. The van der Waals surface area contributed by atoms with Gasteiger partial charge >= 0.3 is 0 Å². The van der Waals surface area contributed by atoms with Gasteiger partial charge in [0.25, 0.3) is 0 Å². The van der Waals surface area contributed by atoms with Gasteiger partial charge in [-0.25, -0.2) is 9.97 Å². The number of carbonyl (C=O) groups excluding carboxylic acids is 1. The smallest absolute Gasteiger partial charge is 0.228 e. The van der Waals surface area contributed by atoms with Crippen LogP contribution in [0.25, 0.3) is 10.2 Å². The number of fused-ring (bicyclic) bond motifs is 1. The van der Waals surface area contributed by atoms with Gasteiger partial charge in [0.05, 0.1) is 5.39 Å². The Labute approximate surface area is 149 Å². The summed E-state index contributed by atoms with van der Waals surface area (Å²) in [6.45, 7) is 5.50. The van der Waals surface area contributed by atoms with Crippen molar-refractivity contribution in [3.63, 3.8) is 0 Å². The van der Waals surface area contributed by atoms with Gasteiger partial charge in [-0.2, -0.15) is 0 Å². The van der Waals surface area contributed by atoms with Gasteiger partial charge in [-0.1, -0.05) is 5.16 Å². The molecule has 1 aliphatic heterocycles. The Morgan fingerprint density at radius 1 is 1.32 bits per heavy atom. The molecular weight excluding hydrogens is 338 g/mol. The van der Waals surface area contributed by atoms with Gasteiger partial charge in [0.15, 0.2) is 5.82 Å². The number of nitrogens with zero attached hydrogens (tertiary/aromatic N) is 4. The highest BCUT2D eigenvalue weighted by molar-refractivity contribution is 7.17. The fourth-order valence-corrected chi connectivity index (χ4v) is 4.13. The molecule has 1 fully saturated rings. The number of aromatic nitrogens is 3. The van der Waals surface area contributed by atoms with Crippen molar-refractivity contribution in [2.24, 2.45) is 5.92 Å². The van der Waals surface area contributed by atoms with Gasteiger partial charge < -0.3 is 14.7 Å². The number of thiophene rings is 1. The van der Waals surface area contributed by atoms with Crippen LogP contribution < -0.4 is 10.2 Å². The quantitative estimate of drug-likeness (QED) is 0.775. The van der Waals surface area contributed by atoms with Gasteiger partial charge in [-0.05, 0) is 37.6 Å². The highest BCUT2D eigenvalue weighted by Gasteiger charge is 2.27. The Morgan fingerprint density at radius 3 is 2.84 bits per heavy atom. The van der Waals surface area contributed by atoms with Crippen LogP contribution in [0.4, 0.5) is 11.6 Å². The van der Waals surface area contributed by atoms with E-state index in [1.807, 2.05) is 0 Å². The van der Waals surface area contributed by atoms with E-state index in [4.69, 9.17) is 4.52 Å². The van der Waals surface area contributed by atoms with E-state index < -0.39 is 0 Å². The summed E-state index contributed by atoms with van der Waals surface area (Å²) < 4.78 is 4.99. The highest BCUT2D eigenvalue weighted by Crippen LogP contribution is 2.33. The van der Waals surface area contributed by atoms with Crippen LogP contribution in [0.5, 0.6) is 0 Å². The molecule has 0 atom stereocenters. The lowest BCUT2D eigenvalue weighted by Crippen LogP contribution is -2.38. The maximum absolute atomic E-state index is 12.4. The maximum Gasteiger partial charge on any atom is 0.228 e. The number of aryl methyl sites for hydroxylation is 2. The van der Waals surface area contributed by atoms with Crippen LogP contribution in [0.2, 0.25) is 0 Å². The Morgan fingerprint density at radius 2 is 2.12 bits per heavy atom. The van der Waals surface area contributed by atoms with Crippen LogP contribution in [-0.4, -0.2) is 34.1 Å². The topological polar surface area (TPSA) is 84.2 Å². The van der Waals surface area contributed by atoms with E-state index >= 15 is 0 Å². The summed E-state index contributed by atoms with van der Waals surface area (Å²) in [4.78, 5) is 24.5. The molecule has 0 unspecified atom stereocenters. The Bertz CT molecular complexity index is 911. The lowest BCUT2D eigenvalue weighted by molar-refractivity contribution is -0.120. The third kappa shape index (κ3) is 3.09. The monoisotopic (exact) mass is 357 g/mol. The van der Waals surface area contributed by atoms with Crippen molar-refractivity contribution in [2.45, 2.75) is 26.7 Å². The molecule has 25 heavy (non-hydrogen) atoms. The SMILES string of the molecule is Cc1cc(NC(=O)C2CCN(c3ncnc4scc(C)c34)CC2)no1. The van der Waals surface area contributed by atoms with Crippen molar-refractivity contribution in [1.82, 2.24) is 15.1 Å². The van der Waals surface area contributed by atoms with E-state index in [0.717, 1.165) is 42.0 Å². The first kappa shape index (κ1) is 16.0. The Hall–Kier alpha value is -2.48. The molecular formula is C17H19N5O2S. The van der Waals surface area contributed by atoms with Crippen LogP contribution in [0.15, 0.2) is 22.3 Å². The molecule has 1 amide bonds. The van der Waals surface area contributed by atoms with E-state index in [-0.39, 0.29) is 11.8 Å². The fraction of sp³-hybridized carbons (Fsp3) is 0.412. The van der Waals surface area contributed by atoms with Gasteiger partial charge in [-0.3, -0.25) is 4.79 Å². The molecule has 0 saturated carbocycles. The Kier molecular flexibility index (Phi) is 4.12. The van der Waals surface area contributed by atoms with Crippen molar-refractivity contribution in [2.75, 3.05) is 23.3 Å². The average Bonchev–Trinajstić information content (AvgIpc) is 3.21. The van der Waals surface area contributed by atoms with Crippen molar-refractivity contribution in [1.29, 1.82) is 0 Å². The normalized spacial score (nSPS) is 15.7. The summed E-state index contributed by atoms with van der Waals surface area (Å²) in [6, 6.07) is 1.73. The van der Waals surface area contributed by atoms with Crippen molar-refractivity contribution in [3.8, 4) is 0 Å². The third-order valence-corrected chi connectivity index (χ3v) is 5.58. The van der Waals surface area contributed by atoms with E-state index in [1.54, 1.807) is 30.7 Å². The molecule has 0 radical (unpaired) electrons.